The van der Waals surface area contributed by atoms with Gasteiger partial charge in [0.25, 0.3) is 0 Å². The topological polar surface area (TPSA) is 46.6 Å². The number of anilines is 1. The second kappa shape index (κ2) is 12.2. The molecule has 0 aliphatic heterocycles. The molecule has 0 aliphatic rings. The van der Waals surface area contributed by atoms with Crippen LogP contribution < -0.4 is 4.90 Å². The van der Waals surface area contributed by atoms with E-state index in [9.17, 15) is 8.42 Å². The molecular weight excluding hydrogens is 382 g/mol. The molecule has 2 rings (SSSR count). The van der Waals surface area contributed by atoms with Crippen molar-refractivity contribution in [1.82, 2.24) is 0 Å². The lowest BCUT2D eigenvalue weighted by molar-refractivity contribution is 0.192. The lowest BCUT2D eigenvalue weighted by atomic mass is 10.1. The summed E-state index contributed by atoms with van der Waals surface area (Å²) in [6, 6.07) is 11.5. The van der Waals surface area contributed by atoms with Gasteiger partial charge in [0.1, 0.15) is 0 Å². The average Bonchev–Trinajstić information content (AvgIpc) is 2.71. The zero-order valence-corrected chi connectivity index (χ0v) is 19.1. The van der Waals surface area contributed by atoms with E-state index in [0.29, 0.717) is 4.90 Å². The van der Waals surface area contributed by atoms with Crippen LogP contribution in [0.1, 0.15) is 57.8 Å². The van der Waals surface area contributed by atoms with Gasteiger partial charge in [0.05, 0.1) is 10.6 Å². The third-order valence-corrected chi connectivity index (χ3v) is 7.29. The first-order valence-electron chi connectivity index (χ1n) is 10.9. The van der Waals surface area contributed by atoms with Gasteiger partial charge >= 0.3 is 0 Å². The SMILES string of the molecule is COCCCCCCCCCCCS(=O)(=O)c1cccc2c(N(C)C)cccc12. The van der Waals surface area contributed by atoms with Gasteiger partial charge in [-0.3, -0.25) is 0 Å². The van der Waals surface area contributed by atoms with Crippen LogP contribution >= 0.6 is 0 Å². The summed E-state index contributed by atoms with van der Waals surface area (Å²) in [4.78, 5) is 2.49. The van der Waals surface area contributed by atoms with Gasteiger partial charge in [-0.15, -0.1) is 0 Å². The first-order valence-corrected chi connectivity index (χ1v) is 12.5. The molecule has 0 heterocycles. The van der Waals surface area contributed by atoms with E-state index < -0.39 is 9.84 Å². The number of sulfone groups is 1. The molecule has 29 heavy (non-hydrogen) atoms. The second-order valence-corrected chi connectivity index (χ2v) is 10.1. The molecule has 162 valence electrons. The Bertz CT molecular complexity index is 846. The smallest absolute Gasteiger partial charge is 0.178 e. The monoisotopic (exact) mass is 419 g/mol. The summed E-state index contributed by atoms with van der Waals surface area (Å²) in [5, 5.41) is 1.82. The third kappa shape index (κ3) is 7.31. The van der Waals surface area contributed by atoms with Gasteiger partial charge in [-0.05, 0) is 25.0 Å². The number of fused-ring (bicyclic) bond motifs is 1. The largest absolute Gasteiger partial charge is 0.385 e. The zero-order chi connectivity index (χ0) is 21.1. The highest BCUT2D eigenvalue weighted by atomic mass is 32.2. The summed E-state index contributed by atoms with van der Waals surface area (Å²) in [6.07, 6.45) is 10.2. The Morgan fingerprint density at radius 2 is 1.31 bits per heavy atom. The lowest BCUT2D eigenvalue weighted by Crippen LogP contribution is -2.10. The Labute approximate surface area is 177 Å². The summed E-state index contributed by atoms with van der Waals surface area (Å²) >= 11 is 0. The predicted octanol–water partition coefficient (Wildman–Crippen LogP) is 5.84. The first kappa shape index (κ1) is 23.7. The van der Waals surface area contributed by atoms with Gasteiger partial charge in [0, 0.05) is 44.3 Å². The molecule has 0 saturated carbocycles. The van der Waals surface area contributed by atoms with Gasteiger partial charge in [-0.2, -0.15) is 0 Å². The van der Waals surface area contributed by atoms with Crippen LogP contribution in [-0.4, -0.2) is 42.0 Å². The van der Waals surface area contributed by atoms with E-state index in [0.717, 1.165) is 48.8 Å². The second-order valence-electron chi connectivity index (χ2n) is 8.02. The van der Waals surface area contributed by atoms with Crippen molar-refractivity contribution in [2.45, 2.75) is 62.7 Å². The van der Waals surface area contributed by atoms with E-state index in [1.54, 1.807) is 13.2 Å². The lowest BCUT2D eigenvalue weighted by Gasteiger charge is -2.17. The van der Waals surface area contributed by atoms with Crippen molar-refractivity contribution in [3.05, 3.63) is 36.4 Å². The molecular formula is C24H37NO3S. The van der Waals surface area contributed by atoms with E-state index in [1.807, 2.05) is 49.3 Å². The minimum absolute atomic E-state index is 0.231. The molecule has 5 heteroatoms. The van der Waals surface area contributed by atoms with Crippen molar-refractivity contribution < 1.29 is 13.2 Å². The third-order valence-electron chi connectivity index (χ3n) is 5.44. The Hall–Kier alpha value is -1.59. The summed E-state index contributed by atoms with van der Waals surface area (Å²) in [7, 11) is 2.44. The standard InChI is InChI=1S/C24H37NO3S/c1-25(2)23-17-13-16-22-21(23)15-14-18-24(22)29(26,27)20-12-10-8-6-4-5-7-9-11-19-28-3/h13-18H,4-12,19-20H2,1-3H3. The van der Waals surface area contributed by atoms with Crippen LogP contribution in [-0.2, 0) is 14.6 Å². The normalized spacial score (nSPS) is 11.8. The summed E-state index contributed by atoms with van der Waals surface area (Å²) < 4.78 is 31.0. The zero-order valence-electron chi connectivity index (χ0n) is 18.3. The van der Waals surface area contributed by atoms with Crippen LogP contribution in [0, 0.1) is 0 Å². The molecule has 0 bridgehead atoms. The highest BCUT2D eigenvalue weighted by Gasteiger charge is 2.18. The van der Waals surface area contributed by atoms with Crippen molar-refractivity contribution in [1.29, 1.82) is 0 Å². The number of nitrogens with zero attached hydrogens (tertiary/aromatic N) is 1. The van der Waals surface area contributed by atoms with E-state index in [4.69, 9.17) is 4.74 Å². The molecule has 0 spiro atoms. The molecule has 0 saturated heterocycles. The van der Waals surface area contributed by atoms with Crippen LogP contribution in [0.5, 0.6) is 0 Å². The highest BCUT2D eigenvalue weighted by Crippen LogP contribution is 2.31. The molecule has 0 fully saturated rings. The molecule has 0 atom stereocenters. The molecule has 4 nitrogen and oxygen atoms in total. The minimum atomic E-state index is -3.27. The number of benzene rings is 2. The fourth-order valence-corrected chi connectivity index (χ4v) is 5.41. The van der Waals surface area contributed by atoms with Crippen LogP contribution in [0.15, 0.2) is 41.3 Å². The Balaban J connectivity index is 1.81. The fraction of sp³-hybridized carbons (Fsp3) is 0.583. The minimum Gasteiger partial charge on any atom is -0.385 e. The average molecular weight is 420 g/mol. The highest BCUT2D eigenvalue weighted by molar-refractivity contribution is 7.91. The molecule has 0 aromatic heterocycles. The van der Waals surface area contributed by atoms with E-state index >= 15 is 0 Å². The van der Waals surface area contributed by atoms with Gasteiger partial charge in [-0.25, -0.2) is 8.42 Å². The van der Waals surface area contributed by atoms with Crippen LogP contribution in [0.4, 0.5) is 5.69 Å². The Morgan fingerprint density at radius 1 is 0.759 bits per heavy atom. The molecule has 2 aromatic carbocycles. The van der Waals surface area contributed by atoms with Crippen molar-refractivity contribution in [2.24, 2.45) is 0 Å². The maximum absolute atomic E-state index is 13.0. The number of hydrogen-bond donors (Lipinski definition) is 0. The van der Waals surface area contributed by atoms with Crippen molar-refractivity contribution in [3.8, 4) is 0 Å². The molecule has 2 aromatic rings. The molecule has 0 N–H and O–H groups in total. The number of methoxy groups -OCH3 is 1. The maximum atomic E-state index is 13.0. The molecule has 0 radical (unpaired) electrons. The van der Waals surface area contributed by atoms with E-state index in [2.05, 4.69) is 0 Å². The van der Waals surface area contributed by atoms with Crippen molar-refractivity contribution >= 4 is 26.3 Å². The first-order chi connectivity index (χ1) is 14.0. The predicted molar refractivity (Wildman–Crippen MR) is 124 cm³/mol. The Morgan fingerprint density at radius 3 is 1.93 bits per heavy atom. The van der Waals surface area contributed by atoms with E-state index in [-0.39, 0.29) is 5.75 Å². The van der Waals surface area contributed by atoms with Crippen LogP contribution in [0.25, 0.3) is 10.8 Å². The maximum Gasteiger partial charge on any atom is 0.178 e. The Kier molecular flexibility index (Phi) is 9.95. The van der Waals surface area contributed by atoms with Gasteiger partial charge in [-0.1, -0.05) is 69.2 Å². The molecule has 0 amide bonds. The van der Waals surface area contributed by atoms with E-state index in [1.165, 1.54) is 32.1 Å². The molecule has 0 aliphatic carbocycles. The number of unbranched alkanes of at least 4 members (excludes halogenated alkanes) is 8. The quantitative estimate of drug-likeness (QED) is 0.361. The fourth-order valence-electron chi connectivity index (χ4n) is 3.81. The summed E-state index contributed by atoms with van der Waals surface area (Å²) in [6.45, 7) is 0.863. The molecule has 0 unspecified atom stereocenters. The van der Waals surface area contributed by atoms with Gasteiger partial charge in [0.15, 0.2) is 9.84 Å². The van der Waals surface area contributed by atoms with Crippen molar-refractivity contribution in [2.75, 3.05) is 38.5 Å². The summed E-state index contributed by atoms with van der Waals surface area (Å²) in [5.41, 5.74) is 1.04. The van der Waals surface area contributed by atoms with Crippen LogP contribution in [0.3, 0.4) is 0 Å². The summed E-state index contributed by atoms with van der Waals surface area (Å²) in [5.74, 6) is 0.231. The van der Waals surface area contributed by atoms with Gasteiger partial charge in [0.2, 0.25) is 0 Å². The number of rotatable bonds is 14. The van der Waals surface area contributed by atoms with Crippen LogP contribution in [0.2, 0.25) is 0 Å². The van der Waals surface area contributed by atoms with Crippen molar-refractivity contribution in [3.63, 3.8) is 0 Å². The number of hydrogen-bond acceptors (Lipinski definition) is 4. The number of ether oxygens (including phenoxy) is 1. The van der Waals surface area contributed by atoms with Gasteiger partial charge < -0.3 is 9.64 Å².